The van der Waals surface area contributed by atoms with E-state index in [0.717, 1.165) is 80.8 Å². The number of methoxy groups -OCH3 is 2. The molecule has 8 aliphatic rings. The maximum absolute atomic E-state index is 15.5. The first-order valence-corrected chi connectivity index (χ1v) is 44.8. The van der Waals surface area contributed by atoms with Gasteiger partial charge in [0.05, 0.1) is 64.4 Å². The smallest absolute Gasteiger partial charge is 0.426 e. The van der Waals surface area contributed by atoms with Gasteiger partial charge in [-0.1, -0.05) is 76.2 Å². The van der Waals surface area contributed by atoms with E-state index in [4.69, 9.17) is 33.2 Å². The van der Waals surface area contributed by atoms with Crippen molar-refractivity contribution >= 4 is 104 Å². The number of carboxylic acid groups (broad SMARTS) is 4. The minimum Gasteiger partial charge on any atom is -0.496 e. The number of nitrogens with zero attached hydrogens (tertiary/aromatic N) is 9. The number of carbonyl (C=O) groups excluding carboxylic acids is 7. The van der Waals surface area contributed by atoms with E-state index >= 15 is 9.59 Å². The summed E-state index contributed by atoms with van der Waals surface area (Å²) in [6.07, 6.45) is -14.6. The number of anilines is 1. The molecule has 6 amide bonds. The zero-order valence-electron chi connectivity index (χ0n) is 71.0. The van der Waals surface area contributed by atoms with Gasteiger partial charge in [-0.05, 0) is 87.2 Å². The minimum absolute atomic E-state index is 0.0137. The molecule has 4 saturated heterocycles. The maximum atomic E-state index is 15.5. The van der Waals surface area contributed by atoms with E-state index in [2.05, 4.69) is 73.6 Å². The fraction of sp³-hybridized carbons (Fsp3) is 0.617. The van der Waals surface area contributed by atoms with Gasteiger partial charge >= 0.3 is 35.9 Å². The van der Waals surface area contributed by atoms with Crippen LogP contribution in [0.1, 0.15) is 99.0 Å². The summed E-state index contributed by atoms with van der Waals surface area (Å²) in [5.74, 6) is -12.8. The van der Waals surface area contributed by atoms with Crippen LogP contribution in [-0.2, 0) is 120 Å². The normalized spacial score (nSPS) is 30.1. The van der Waals surface area contributed by atoms with Crippen molar-refractivity contribution in [3.05, 3.63) is 94.7 Å². The fourth-order valence-corrected chi connectivity index (χ4v) is 21.7. The van der Waals surface area contributed by atoms with Crippen LogP contribution in [0.4, 0.5) is 10.5 Å². The highest BCUT2D eigenvalue weighted by Gasteiger charge is 2.79. The van der Waals surface area contributed by atoms with Crippen LogP contribution in [0.5, 0.6) is 5.75 Å². The van der Waals surface area contributed by atoms with Crippen LogP contribution >= 0.6 is 21.6 Å². The van der Waals surface area contributed by atoms with Crippen LogP contribution in [0, 0.1) is 11.3 Å². The summed E-state index contributed by atoms with van der Waals surface area (Å²) in [5, 5.41) is 154. The number of amides is 6. The van der Waals surface area contributed by atoms with Gasteiger partial charge in [-0.15, -0.1) is 10.2 Å². The number of carboxylic acids is 4. The van der Waals surface area contributed by atoms with E-state index in [0.29, 0.717) is 55.0 Å². The molecule has 704 valence electrons. The lowest BCUT2D eigenvalue weighted by molar-refractivity contribution is -0.294. The summed E-state index contributed by atoms with van der Waals surface area (Å²) in [6.45, 7) is 5.32. The molecule has 129 heavy (non-hydrogen) atoms. The molecule has 0 radical (unpaired) electrons. The van der Waals surface area contributed by atoms with Gasteiger partial charge in [0.1, 0.15) is 84.7 Å². The second kappa shape index (κ2) is 40.6. The Kier molecular flexibility index (Phi) is 30.3. The number of aliphatic hydroxyl groups excluding tert-OH is 7. The molecule has 7 aliphatic heterocycles. The van der Waals surface area contributed by atoms with Crippen molar-refractivity contribution in [1.29, 1.82) is 0 Å². The number of piperidine rings is 1. The second-order valence-electron chi connectivity index (χ2n) is 33.4. The highest BCUT2D eigenvalue weighted by Crippen LogP contribution is 2.68. The predicted octanol–water partition coefficient (Wildman–Crippen LogP) is -4.58. The van der Waals surface area contributed by atoms with E-state index in [-0.39, 0.29) is 62.0 Å². The number of aliphatic hydroxyl groups is 8. The molecule has 5 fully saturated rings. The number of aromatic amines is 1. The third-order valence-electron chi connectivity index (χ3n) is 25.7. The third kappa shape index (κ3) is 19.3. The number of rotatable bonds is 37. The first kappa shape index (κ1) is 96.3. The Balaban J connectivity index is 0.675. The Morgan fingerprint density at radius 2 is 1.31 bits per heavy atom. The van der Waals surface area contributed by atoms with Gasteiger partial charge in [-0.3, -0.25) is 43.9 Å². The van der Waals surface area contributed by atoms with Gasteiger partial charge in [-0.2, -0.15) is 0 Å². The number of aliphatic carboxylic acids is 4. The molecule has 1 saturated carbocycles. The van der Waals surface area contributed by atoms with E-state index < -0.39 is 229 Å². The highest BCUT2D eigenvalue weighted by molar-refractivity contribution is 8.76. The lowest BCUT2D eigenvalue weighted by Crippen LogP contribution is -2.82. The first-order chi connectivity index (χ1) is 61.6. The summed E-state index contributed by atoms with van der Waals surface area (Å²) < 4.78 is 41.3. The molecule has 1 aliphatic carbocycles. The van der Waals surface area contributed by atoms with Crippen LogP contribution < -0.4 is 41.8 Å². The van der Waals surface area contributed by atoms with Gasteiger partial charge in [-0.25, -0.2) is 34.0 Å². The van der Waals surface area contributed by atoms with E-state index in [1.165, 1.54) is 31.3 Å². The number of hydrazine groups is 1. The lowest BCUT2D eigenvalue weighted by atomic mass is 9.47. The molecular formula is C81H108N16O30S2. The van der Waals surface area contributed by atoms with Crippen LogP contribution in [0.25, 0.3) is 10.9 Å². The number of benzene rings is 2. The summed E-state index contributed by atoms with van der Waals surface area (Å²) in [6, 6.07) is 2.69. The van der Waals surface area contributed by atoms with Crippen molar-refractivity contribution in [2.75, 3.05) is 90.2 Å². The van der Waals surface area contributed by atoms with Crippen molar-refractivity contribution < 1.29 is 147 Å². The average molecular weight is 1850 g/mol. The van der Waals surface area contributed by atoms with Gasteiger partial charge in [0.2, 0.25) is 23.6 Å². The number of hydrogen-bond donors (Lipinski definition) is 19. The Morgan fingerprint density at radius 3 is 1.91 bits per heavy atom. The standard InChI is InChI=1S/C81H108N16O30S2/c1-6-12-53(98)82-47(29-40-36-96(91-87-40)23-25-123-70-59(105)55(101)57(103)61(126-70)68(112)113)64(107)85-49(32-54(99)100)66(109)84-48(30-41-37-97(92-88-41)24-26-124-71-60(106)56(102)58(104)62(127-71)69(114)115)65(108)86-50(67(110)111)38-129-128-28-27-125-77(119)90-89-75(117)81(120)73-79(18-22-95-20-11-17-78(7-2,72(79)95)74(81)116)44-31-45(52(121-4)33-51(44)93(73)3)80(76(118)122-5)34-39-13-10-19-94(35-39)21-16-43-42-14-8-9-15-46(42)83-63(43)80/h8-9,11,14-15,17,31,33,36-37,39,47-50,55-62,70-74,83,101-106,116,120H,6-7,10,12-13,16,18-30,32,34-35,38H2,1-5H3,(H,82,98)(H,84,109)(H,85,107)(H,86,108)(H,89,117)(H,90,119)(H,99,100)(H,110,111)(H,112,113)(H,114,115)/t39-,47+,48+,49+,50+,55+,56+,57?,58?,59?,60?,61?,62?,70-,71-,72+,73-,74-,78-,79-,80+,81+/m1/s1. The second-order valence-corrected chi connectivity index (χ2v) is 36.1. The number of nitrogens with one attached hydrogen (secondary N) is 7. The molecule has 19 N–H and O–H groups in total. The molecule has 10 heterocycles. The quantitative estimate of drug-likeness (QED) is 0.00585. The zero-order chi connectivity index (χ0) is 92.9. The third-order valence-corrected chi connectivity index (χ3v) is 28.0. The molecule has 13 rings (SSSR count). The first-order valence-electron chi connectivity index (χ1n) is 42.3. The number of esters is 1. The van der Waals surface area contributed by atoms with Crippen molar-refractivity contribution in [3.8, 4) is 5.75 Å². The van der Waals surface area contributed by atoms with Crippen LogP contribution in [0.15, 0.2) is 60.9 Å². The van der Waals surface area contributed by atoms with E-state index in [1.807, 2.05) is 49.4 Å². The monoisotopic (exact) mass is 1850 g/mol. The van der Waals surface area contributed by atoms with E-state index in [1.54, 1.807) is 18.9 Å². The summed E-state index contributed by atoms with van der Waals surface area (Å²) in [4.78, 5) is 160. The highest BCUT2D eigenvalue weighted by atomic mass is 33.1. The van der Waals surface area contributed by atoms with Crippen LogP contribution in [0.2, 0.25) is 0 Å². The Labute approximate surface area is 744 Å². The van der Waals surface area contributed by atoms with Crippen molar-refractivity contribution in [3.63, 3.8) is 0 Å². The molecule has 1 spiro atoms. The average Bonchev–Trinajstić information content (AvgIpc) is 1.48. The summed E-state index contributed by atoms with van der Waals surface area (Å²) in [7, 11) is 6.48. The minimum atomic E-state index is -2.72. The molecular weight excluding hydrogens is 1740 g/mol. The number of ether oxygens (including phenoxy) is 7. The molecule has 2 bridgehead atoms. The number of aromatic nitrogens is 7. The van der Waals surface area contributed by atoms with Crippen molar-refractivity contribution in [2.45, 2.75) is 218 Å². The SMILES string of the molecule is CCCC(=O)N[C@@H](Cc1cn(CCO[C@@H]2OC(C(=O)O)C(O)[C@H](O)C2O)nn1)C(=O)N[C@@H](CC(=O)O)C(=O)N[C@@H](Cc1cn(CCO[C@@H]2OC(C(=O)O)C(O)[C@H](O)C2O)nn1)C(=O)N[C@@H](CSSCCOC(=O)NNC(=O)[C@@]1(O)[C@H](O)[C@]2(CC)C=CCN3CC[C@@]4(c5cc([C@@]6(C(=O)OC)C[C@H]7CCCN(CCc8c6[nH]c6ccccc86)C7)c(OC)cc5N(C)[C@@H]14)[C@@H]32)C(=O)O. The van der Waals surface area contributed by atoms with Crippen LogP contribution in [0.3, 0.4) is 0 Å². The molecule has 3 aromatic heterocycles. The number of hydrogen-bond acceptors (Lipinski definition) is 35. The molecule has 7 unspecified atom stereocenters. The molecule has 5 aromatic rings. The summed E-state index contributed by atoms with van der Waals surface area (Å²) in [5.41, 5.74) is 2.19. The van der Waals surface area contributed by atoms with Gasteiger partial charge in [0.15, 0.2) is 30.4 Å². The Hall–Kier alpha value is -10.3. The largest absolute Gasteiger partial charge is 0.496 e. The van der Waals surface area contributed by atoms with Crippen molar-refractivity contribution in [2.24, 2.45) is 11.3 Å². The van der Waals surface area contributed by atoms with Gasteiger partial charge in [0.25, 0.3) is 5.91 Å². The number of carbonyl (C=O) groups is 11. The molecule has 46 nitrogen and oxygen atoms in total. The molecule has 2 aromatic carbocycles. The van der Waals surface area contributed by atoms with Crippen molar-refractivity contribution in [1.82, 2.24) is 76.9 Å². The van der Waals surface area contributed by atoms with Gasteiger partial charge < -0.3 is 130 Å². The molecule has 23 atom stereocenters. The lowest BCUT2D eigenvalue weighted by Gasteiger charge is -2.63. The topological polar surface area (TPSA) is 654 Å². The number of likely N-dealkylation sites (N-methyl/N-ethyl adjacent to an activating group) is 1. The number of para-hydroxylation sites is 1. The number of fused-ring (bicyclic) bond motifs is 6. The Morgan fingerprint density at radius 1 is 0.698 bits per heavy atom. The van der Waals surface area contributed by atoms with Crippen LogP contribution in [-0.4, -0.2) is 366 Å². The molecule has 48 heteroatoms. The predicted molar refractivity (Wildman–Crippen MR) is 446 cm³/mol. The summed E-state index contributed by atoms with van der Waals surface area (Å²) >= 11 is 0. The number of H-pyrrole nitrogens is 1. The Bertz CT molecular complexity index is 5010. The van der Waals surface area contributed by atoms with Gasteiger partial charge in [0, 0.05) is 121 Å². The maximum Gasteiger partial charge on any atom is 0.426 e. The fourth-order valence-electron chi connectivity index (χ4n) is 19.8. The zero-order valence-corrected chi connectivity index (χ0v) is 72.6. The van der Waals surface area contributed by atoms with E-state index in [9.17, 15) is 104 Å².